The minimum atomic E-state index is -0.263. The summed E-state index contributed by atoms with van der Waals surface area (Å²) in [6, 6.07) is 5.64. The first kappa shape index (κ1) is 14.3. The lowest BCUT2D eigenvalue weighted by Crippen LogP contribution is -2.28. The van der Waals surface area contributed by atoms with Gasteiger partial charge in [-0.1, -0.05) is 25.8 Å². The highest BCUT2D eigenvalue weighted by molar-refractivity contribution is 5.31. The van der Waals surface area contributed by atoms with Gasteiger partial charge in [-0.3, -0.25) is 0 Å². The number of rotatable bonds is 6. The van der Waals surface area contributed by atoms with Crippen LogP contribution in [0.5, 0.6) is 5.75 Å². The van der Waals surface area contributed by atoms with Gasteiger partial charge >= 0.3 is 0 Å². The van der Waals surface area contributed by atoms with Crippen molar-refractivity contribution in [2.75, 3.05) is 13.7 Å². The summed E-state index contributed by atoms with van der Waals surface area (Å²) in [5, 5.41) is 3.58. The molecule has 1 unspecified atom stereocenters. The van der Waals surface area contributed by atoms with Gasteiger partial charge in [-0.05, 0) is 49.4 Å². The number of halogens is 1. The zero-order chi connectivity index (χ0) is 13.7. The van der Waals surface area contributed by atoms with Crippen molar-refractivity contribution in [1.29, 1.82) is 0 Å². The van der Waals surface area contributed by atoms with E-state index in [0.717, 1.165) is 18.5 Å². The van der Waals surface area contributed by atoms with E-state index in [1.165, 1.54) is 32.8 Å². The largest absolute Gasteiger partial charge is 0.494 e. The fourth-order valence-corrected chi connectivity index (χ4v) is 3.02. The maximum Gasteiger partial charge on any atom is 0.165 e. The third-order valence-corrected chi connectivity index (χ3v) is 4.02. The molecule has 1 atom stereocenters. The van der Waals surface area contributed by atoms with Crippen molar-refractivity contribution >= 4 is 0 Å². The van der Waals surface area contributed by atoms with Gasteiger partial charge in [0.25, 0.3) is 0 Å². The van der Waals surface area contributed by atoms with E-state index >= 15 is 0 Å². The van der Waals surface area contributed by atoms with E-state index < -0.39 is 0 Å². The summed E-state index contributed by atoms with van der Waals surface area (Å²) in [4.78, 5) is 0. The Morgan fingerprint density at radius 3 is 2.68 bits per heavy atom. The Hall–Kier alpha value is -1.09. The zero-order valence-electron chi connectivity index (χ0n) is 11.9. The highest BCUT2D eigenvalue weighted by Crippen LogP contribution is 2.36. The first-order valence-corrected chi connectivity index (χ1v) is 7.33. The number of hydrogen-bond donors (Lipinski definition) is 1. The van der Waals surface area contributed by atoms with Crippen LogP contribution in [0.3, 0.4) is 0 Å². The van der Waals surface area contributed by atoms with E-state index in [1.54, 1.807) is 12.1 Å². The van der Waals surface area contributed by atoms with Gasteiger partial charge < -0.3 is 10.1 Å². The van der Waals surface area contributed by atoms with Crippen LogP contribution in [0.25, 0.3) is 0 Å². The van der Waals surface area contributed by atoms with Gasteiger partial charge in [-0.25, -0.2) is 4.39 Å². The van der Waals surface area contributed by atoms with Gasteiger partial charge in [-0.15, -0.1) is 0 Å². The van der Waals surface area contributed by atoms with Crippen LogP contribution in [0.4, 0.5) is 4.39 Å². The Balaban J connectivity index is 2.18. The maximum absolute atomic E-state index is 13.9. The van der Waals surface area contributed by atoms with Crippen LogP contribution < -0.4 is 10.1 Å². The molecular formula is C16H24FNO. The molecule has 19 heavy (non-hydrogen) atoms. The van der Waals surface area contributed by atoms with Crippen LogP contribution in [0.1, 0.15) is 50.6 Å². The predicted octanol–water partition coefficient (Wildman–Crippen LogP) is 4.07. The minimum absolute atomic E-state index is 0.263. The molecule has 0 heterocycles. The van der Waals surface area contributed by atoms with Crippen molar-refractivity contribution in [2.45, 2.75) is 45.1 Å². The zero-order valence-corrected chi connectivity index (χ0v) is 11.9. The Morgan fingerprint density at radius 2 is 2.11 bits per heavy atom. The van der Waals surface area contributed by atoms with E-state index in [-0.39, 0.29) is 11.9 Å². The van der Waals surface area contributed by atoms with Crippen LogP contribution in [-0.2, 0) is 0 Å². The summed E-state index contributed by atoms with van der Waals surface area (Å²) in [7, 11) is 1.50. The van der Waals surface area contributed by atoms with Crippen molar-refractivity contribution in [3.8, 4) is 5.75 Å². The van der Waals surface area contributed by atoms with Crippen LogP contribution >= 0.6 is 0 Å². The van der Waals surface area contributed by atoms with Gasteiger partial charge in [-0.2, -0.15) is 0 Å². The molecular weight excluding hydrogens is 241 g/mol. The lowest BCUT2D eigenvalue weighted by Gasteiger charge is -2.25. The molecule has 0 aromatic heterocycles. The van der Waals surface area contributed by atoms with Crippen molar-refractivity contribution in [3.05, 3.63) is 29.6 Å². The van der Waals surface area contributed by atoms with Crippen molar-refractivity contribution in [2.24, 2.45) is 5.92 Å². The Kier molecular flexibility index (Phi) is 5.20. The molecule has 3 heteroatoms. The average Bonchev–Trinajstić information content (AvgIpc) is 2.93. The van der Waals surface area contributed by atoms with Crippen LogP contribution in [0.2, 0.25) is 0 Å². The van der Waals surface area contributed by atoms with Gasteiger partial charge in [0.05, 0.1) is 7.11 Å². The second kappa shape index (κ2) is 6.90. The quantitative estimate of drug-likeness (QED) is 0.837. The molecule has 1 aliphatic rings. The van der Waals surface area contributed by atoms with Crippen LogP contribution in [0, 0.1) is 11.7 Å². The van der Waals surface area contributed by atoms with Crippen LogP contribution in [-0.4, -0.2) is 13.7 Å². The fraction of sp³-hybridized carbons (Fsp3) is 0.625. The Morgan fingerprint density at radius 1 is 1.37 bits per heavy atom. The van der Waals surface area contributed by atoms with Crippen molar-refractivity contribution in [1.82, 2.24) is 5.32 Å². The molecule has 1 N–H and O–H groups in total. The first-order chi connectivity index (χ1) is 9.26. The second-order valence-corrected chi connectivity index (χ2v) is 5.37. The number of methoxy groups -OCH3 is 1. The molecule has 0 aliphatic heterocycles. The molecule has 0 radical (unpaired) electrons. The molecule has 1 saturated carbocycles. The number of nitrogens with one attached hydrogen (secondary N) is 1. The molecule has 0 spiro atoms. The highest BCUT2D eigenvalue weighted by Gasteiger charge is 2.26. The summed E-state index contributed by atoms with van der Waals surface area (Å²) in [6.45, 7) is 3.14. The van der Waals surface area contributed by atoms with Crippen LogP contribution in [0.15, 0.2) is 18.2 Å². The second-order valence-electron chi connectivity index (χ2n) is 5.37. The third-order valence-electron chi connectivity index (χ3n) is 4.02. The minimum Gasteiger partial charge on any atom is -0.494 e. The first-order valence-electron chi connectivity index (χ1n) is 7.33. The third kappa shape index (κ3) is 3.47. The predicted molar refractivity (Wildman–Crippen MR) is 75.9 cm³/mol. The van der Waals surface area contributed by atoms with Gasteiger partial charge in [0.2, 0.25) is 0 Å². The average molecular weight is 265 g/mol. The van der Waals surface area contributed by atoms with E-state index in [0.29, 0.717) is 11.7 Å². The number of ether oxygens (including phenoxy) is 1. The standard InChI is InChI=1S/C16H24FNO/c1-3-10-18-16(12-6-4-5-7-12)13-8-9-15(19-2)14(17)11-13/h8-9,11-12,16,18H,3-7,10H2,1-2H3. The van der Waals surface area contributed by atoms with E-state index in [9.17, 15) is 4.39 Å². The normalized spacial score (nSPS) is 17.6. The SMILES string of the molecule is CCCNC(c1ccc(OC)c(F)c1)C1CCCC1. The molecule has 0 amide bonds. The molecule has 0 saturated heterocycles. The molecule has 1 aromatic carbocycles. The molecule has 1 aliphatic carbocycles. The lowest BCUT2D eigenvalue weighted by molar-refractivity contribution is 0.362. The summed E-state index contributed by atoms with van der Waals surface area (Å²) in [6.07, 6.45) is 6.19. The molecule has 106 valence electrons. The summed E-state index contributed by atoms with van der Waals surface area (Å²) < 4.78 is 18.9. The van der Waals surface area contributed by atoms with Gasteiger partial charge in [0, 0.05) is 6.04 Å². The molecule has 2 nitrogen and oxygen atoms in total. The molecule has 2 rings (SSSR count). The smallest absolute Gasteiger partial charge is 0.165 e. The van der Waals surface area contributed by atoms with E-state index in [1.807, 2.05) is 6.07 Å². The van der Waals surface area contributed by atoms with Crippen molar-refractivity contribution in [3.63, 3.8) is 0 Å². The van der Waals surface area contributed by atoms with E-state index in [2.05, 4.69) is 12.2 Å². The molecule has 1 aromatic rings. The number of benzene rings is 1. The number of hydrogen-bond acceptors (Lipinski definition) is 2. The Labute approximate surface area is 115 Å². The summed E-state index contributed by atoms with van der Waals surface area (Å²) in [5.41, 5.74) is 1.05. The molecule has 0 bridgehead atoms. The Bertz CT molecular complexity index is 402. The summed E-state index contributed by atoms with van der Waals surface area (Å²) in [5.74, 6) is 0.699. The topological polar surface area (TPSA) is 21.3 Å². The molecule has 1 fully saturated rings. The van der Waals surface area contributed by atoms with Gasteiger partial charge in [0.15, 0.2) is 11.6 Å². The highest BCUT2D eigenvalue weighted by atomic mass is 19.1. The van der Waals surface area contributed by atoms with Gasteiger partial charge in [0.1, 0.15) is 0 Å². The maximum atomic E-state index is 13.9. The fourth-order valence-electron chi connectivity index (χ4n) is 3.02. The monoisotopic (exact) mass is 265 g/mol. The lowest BCUT2D eigenvalue weighted by atomic mass is 9.91. The summed E-state index contributed by atoms with van der Waals surface area (Å²) >= 11 is 0. The van der Waals surface area contributed by atoms with Crippen molar-refractivity contribution < 1.29 is 9.13 Å². The van der Waals surface area contributed by atoms with E-state index in [4.69, 9.17) is 4.74 Å².